The molecule has 0 spiro atoms. The molecule has 2 aromatic rings. The van der Waals surface area contributed by atoms with Gasteiger partial charge in [-0.25, -0.2) is 0 Å². The third kappa shape index (κ3) is 2.09. The van der Waals surface area contributed by atoms with E-state index in [1.54, 1.807) is 0 Å². The van der Waals surface area contributed by atoms with Gasteiger partial charge in [0.05, 0.1) is 12.1 Å². The third-order valence-electron chi connectivity index (χ3n) is 5.45. The lowest BCUT2D eigenvalue weighted by atomic mass is 9.62. The fraction of sp³-hybridized carbons (Fsp3) is 0.556. The van der Waals surface area contributed by atoms with Crippen molar-refractivity contribution in [2.75, 3.05) is 6.54 Å². The summed E-state index contributed by atoms with van der Waals surface area (Å²) in [7, 11) is 0. The van der Waals surface area contributed by atoms with E-state index in [1.165, 1.54) is 31.2 Å². The summed E-state index contributed by atoms with van der Waals surface area (Å²) >= 11 is 0. The summed E-state index contributed by atoms with van der Waals surface area (Å²) in [6, 6.07) is 11.0. The molecular weight excluding hydrogens is 274 g/mol. The Bertz CT molecular complexity index is 639. The van der Waals surface area contributed by atoms with Gasteiger partial charge in [-0.2, -0.15) is 0 Å². The molecule has 22 heavy (non-hydrogen) atoms. The quantitative estimate of drug-likeness (QED) is 0.865. The molecule has 2 aliphatic rings. The Balaban J connectivity index is 1.62. The van der Waals surface area contributed by atoms with Crippen molar-refractivity contribution in [2.45, 2.75) is 51.1 Å². The maximum atomic E-state index is 5.74. The van der Waals surface area contributed by atoms with Crippen LogP contribution in [0.5, 0.6) is 0 Å². The van der Waals surface area contributed by atoms with Crippen LogP contribution < -0.4 is 0 Å². The first-order valence-corrected chi connectivity index (χ1v) is 8.45. The highest BCUT2D eigenvalue weighted by atomic mass is 16.4. The van der Waals surface area contributed by atoms with Gasteiger partial charge >= 0.3 is 0 Å². The molecule has 0 N–H and O–H groups in total. The second kappa shape index (κ2) is 5.51. The molecule has 1 saturated heterocycles. The standard InChI is InChI=1S/C18H23N3O/c1-2-16-19-20-17(22-16)13-21-12-15-10-6-7-11-18(15,21)14-8-4-3-5-9-14/h3-5,8-9,15H,2,6-7,10-13H2,1H3/t15-,18+/m0/s1. The van der Waals surface area contributed by atoms with Gasteiger partial charge in [-0.1, -0.05) is 50.1 Å². The number of aryl methyl sites for hydroxylation is 1. The number of aromatic nitrogens is 2. The van der Waals surface area contributed by atoms with Gasteiger partial charge in [0, 0.05) is 13.0 Å². The fourth-order valence-corrected chi connectivity index (χ4v) is 4.36. The van der Waals surface area contributed by atoms with Crippen molar-refractivity contribution in [1.29, 1.82) is 0 Å². The first kappa shape index (κ1) is 13.9. The molecule has 0 radical (unpaired) electrons. The molecule has 1 aliphatic carbocycles. The molecule has 116 valence electrons. The molecule has 0 unspecified atom stereocenters. The summed E-state index contributed by atoms with van der Waals surface area (Å²) in [6.45, 7) is 3.97. The number of hydrogen-bond acceptors (Lipinski definition) is 4. The zero-order chi connectivity index (χ0) is 15.0. The maximum Gasteiger partial charge on any atom is 0.230 e. The predicted molar refractivity (Wildman–Crippen MR) is 84.2 cm³/mol. The van der Waals surface area contributed by atoms with E-state index in [2.05, 4.69) is 45.4 Å². The SMILES string of the molecule is CCc1nnc(CN2C[C@@H]3CCCC[C@@]32c2ccccc2)o1. The molecule has 2 fully saturated rings. The van der Waals surface area contributed by atoms with Crippen molar-refractivity contribution in [2.24, 2.45) is 5.92 Å². The van der Waals surface area contributed by atoms with E-state index in [1.807, 2.05) is 6.92 Å². The number of nitrogens with zero attached hydrogens (tertiary/aromatic N) is 3. The minimum atomic E-state index is 0.195. The molecule has 2 atom stereocenters. The van der Waals surface area contributed by atoms with E-state index in [4.69, 9.17) is 4.42 Å². The molecule has 0 amide bonds. The van der Waals surface area contributed by atoms with Gasteiger partial charge in [0.15, 0.2) is 0 Å². The molecule has 4 heteroatoms. The van der Waals surface area contributed by atoms with E-state index in [-0.39, 0.29) is 5.54 Å². The first-order chi connectivity index (χ1) is 10.8. The Morgan fingerprint density at radius 3 is 2.73 bits per heavy atom. The highest BCUT2D eigenvalue weighted by Crippen LogP contribution is 2.54. The van der Waals surface area contributed by atoms with Gasteiger partial charge in [0.25, 0.3) is 0 Å². The topological polar surface area (TPSA) is 42.2 Å². The van der Waals surface area contributed by atoms with Gasteiger partial charge in [0.1, 0.15) is 0 Å². The average Bonchev–Trinajstić information content (AvgIpc) is 3.01. The lowest BCUT2D eigenvalue weighted by Crippen LogP contribution is -2.65. The monoisotopic (exact) mass is 297 g/mol. The Morgan fingerprint density at radius 1 is 1.18 bits per heavy atom. The lowest BCUT2D eigenvalue weighted by Gasteiger charge is -2.61. The molecule has 4 rings (SSSR count). The summed E-state index contributed by atoms with van der Waals surface area (Å²) in [5.41, 5.74) is 1.65. The molecule has 0 bridgehead atoms. The van der Waals surface area contributed by atoms with E-state index in [9.17, 15) is 0 Å². The van der Waals surface area contributed by atoms with Crippen LogP contribution in [0.2, 0.25) is 0 Å². The number of hydrogen-bond donors (Lipinski definition) is 0. The first-order valence-electron chi connectivity index (χ1n) is 8.45. The molecule has 4 nitrogen and oxygen atoms in total. The fourth-order valence-electron chi connectivity index (χ4n) is 4.36. The number of rotatable bonds is 4. The van der Waals surface area contributed by atoms with Crippen molar-refractivity contribution >= 4 is 0 Å². The second-order valence-corrected chi connectivity index (χ2v) is 6.56. The van der Waals surface area contributed by atoms with Crippen LogP contribution in [0.1, 0.15) is 50.0 Å². The summed E-state index contributed by atoms with van der Waals surface area (Å²) in [6.07, 6.45) is 6.07. The normalized spacial score (nSPS) is 28.1. The van der Waals surface area contributed by atoms with Gasteiger partial charge in [0.2, 0.25) is 11.8 Å². The Labute approximate surface area is 131 Å². The number of likely N-dealkylation sites (tertiary alicyclic amines) is 1. The van der Waals surface area contributed by atoms with E-state index in [0.29, 0.717) is 0 Å². The van der Waals surface area contributed by atoms with Crippen LogP contribution in [0.15, 0.2) is 34.7 Å². The van der Waals surface area contributed by atoms with Crippen molar-refractivity contribution in [3.8, 4) is 0 Å². The average molecular weight is 297 g/mol. The summed E-state index contributed by atoms with van der Waals surface area (Å²) in [4.78, 5) is 2.55. The van der Waals surface area contributed by atoms with Gasteiger partial charge in [-0.05, 0) is 24.3 Å². The zero-order valence-corrected chi connectivity index (χ0v) is 13.2. The Kier molecular flexibility index (Phi) is 3.49. The van der Waals surface area contributed by atoms with E-state index >= 15 is 0 Å². The highest BCUT2D eigenvalue weighted by molar-refractivity contribution is 5.30. The zero-order valence-electron chi connectivity index (χ0n) is 13.2. The number of fused-ring (bicyclic) bond motifs is 1. The van der Waals surface area contributed by atoms with Crippen molar-refractivity contribution in [3.63, 3.8) is 0 Å². The second-order valence-electron chi connectivity index (χ2n) is 6.56. The summed E-state index contributed by atoms with van der Waals surface area (Å²) in [5.74, 6) is 2.28. The minimum Gasteiger partial charge on any atom is -0.424 e. The van der Waals surface area contributed by atoms with Crippen molar-refractivity contribution in [1.82, 2.24) is 15.1 Å². The largest absolute Gasteiger partial charge is 0.424 e. The van der Waals surface area contributed by atoms with Crippen LogP contribution in [0.3, 0.4) is 0 Å². The summed E-state index contributed by atoms with van der Waals surface area (Å²) < 4.78 is 5.74. The van der Waals surface area contributed by atoms with Crippen LogP contribution >= 0.6 is 0 Å². The Morgan fingerprint density at radius 2 is 2.00 bits per heavy atom. The van der Waals surface area contributed by atoms with Crippen LogP contribution in [0.4, 0.5) is 0 Å². The Hall–Kier alpha value is -1.68. The molecule has 1 aromatic carbocycles. The van der Waals surface area contributed by atoms with Gasteiger partial charge < -0.3 is 4.42 Å². The van der Waals surface area contributed by atoms with Gasteiger partial charge in [-0.3, -0.25) is 4.90 Å². The van der Waals surface area contributed by atoms with Crippen LogP contribution in [-0.2, 0) is 18.5 Å². The molecule has 1 aliphatic heterocycles. The molecule has 1 aromatic heterocycles. The summed E-state index contributed by atoms with van der Waals surface area (Å²) in [5, 5.41) is 8.32. The van der Waals surface area contributed by atoms with Crippen LogP contribution in [0, 0.1) is 5.92 Å². The predicted octanol–water partition coefficient (Wildman–Crippen LogP) is 3.53. The smallest absolute Gasteiger partial charge is 0.230 e. The van der Waals surface area contributed by atoms with Crippen molar-refractivity contribution < 1.29 is 4.42 Å². The molecular formula is C18H23N3O. The van der Waals surface area contributed by atoms with Gasteiger partial charge in [-0.15, -0.1) is 10.2 Å². The third-order valence-corrected chi connectivity index (χ3v) is 5.45. The maximum absolute atomic E-state index is 5.74. The van der Waals surface area contributed by atoms with E-state index in [0.717, 1.165) is 37.2 Å². The van der Waals surface area contributed by atoms with Crippen LogP contribution in [-0.4, -0.2) is 21.6 Å². The van der Waals surface area contributed by atoms with Crippen molar-refractivity contribution in [3.05, 3.63) is 47.7 Å². The minimum absolute atomic E-state index is 0.195. The van der Waals surface area contributed by atoms with E-state index < -0.39 is 0 Å². The lowest BCUT2D eigenvalue weighted by molar-refractivity contribution is -0.124. The van der Waals surface area contributed by atoms with Crippen LogP contribution in [0.25, 0.3) is 0 Å². The number of benzene rings is 1. The molecule has 1 saturated carbocycles. The highest BCUT2D eigenvalue weighted by Gasteiger charge is 2.55. The molecule has 2 heterocycles.